The van der Waals surface area contributed by atoms with Gasteiger partial charge in [0.15, 0.2) is 0 Å². The number of anilines is 1. The second-order valence-corrected chi connectivity index (χ2v) is 9.33. The van der Waals surface area contributed by atoms with Crippen LogP contribution in [-0.4, -0.2) is 58.1 Å². The highest BCUT2D eigenvalue weighted by molar-refractivity contribution is 5.90. The lowest BCUT2D eigenvalue weighted by atomic mass is 9.84. The van der Waals surface area contributed by atoms with E-state index in [1.54, 1.807) is 23.9 Å². The number of hydrogen-bond acceptors (Lipinski definition) is 5. The van der Waals surface area contributed by atoms with Gasteiger partial charge in [0.25, 0.3) is 0 Å². The zero-order valence-corrected chi connectivity index (χ0v) is 20.1. The van der Waals surface area contributed by atoms with Gasteiger partial charge in [0.1, 0.15) is 11.6 Å². The summed E-state index contributed by atoms with van der Waals surface area (Å²) in [6, 6.07) is 14.4. The zero-order chi connectivity index (χ0) is 23.8. The van der Waals surface area contributed by atoms with Crippen LogP contribution in [0, 0.1) is 13.8 Å². The number of aromatic nitrogens is 2. The average Bonchev–Trinajstić information content (AvgIpc) is 2.78. The molecule has 1 aliphatic rings. The fourth-order valence-electron chi connectivity index (χ4n) is 4.51. The van der Waals surface area contributed by atoms with E-state index in [9.17, 15) is 9.90 Å². The van der Waals surface area contributed by atoms with Crippen LogP contribution in [0.15, 0.2) is 42.5 Å². The second kappa shape index (κ2) is 8.98. The summed E-state index contributed by atoms with van der Waals surface area (Å²) in [6.45, 7) is 7.13. The van der Waals surface area contributed by atoms with E-state index in [-0.39, 0.29) is 12.1 Å². The van der Waals surface area contributed by atoms with E-state index in [0.29, 0.717) is 31.8 Å². The van der Waals surface area contributed by atoms with Gasteiger partial charge in [0, 0.05) is 38.6 Å². The number of aliphatic hydroxyl groups is 1. The van der Waals surface area contributed by atoms with Gasteiger partial charge in [-0.15, -0.1) is 0 Å². The molecule has 2 N–H and O–H groups in total. The number of nitrogens with one attached hydrogen (secondary N) is 1. The Kier molecular flexibility index (Phi) is 6.26. The molecular formula is C26H33N5O2. The smallest absolute Gasteiger partial charge is 0.319 e. The van der Waals surface area contributed by atoms with Crippen LogP contribution in [0.1, 0.15) is 48.3 Å². The number of nitrogens with zero attached hydrogens (tertiary/aromatic N) is 4. The van der Waals surface area contributed by atoms with Gasteiger partial charge in [-0.1, -0.05) is 35.9 Å². The summed E-state index contributed by atoms with van der Waals surface area (Å²) >= 11 is 0. The van der Waals surface area contributed by atoms with Crippen molar-refractivity contribution in [1.82, 2.24) is 19.8 Å². The molecule has 0 unspecified atom stereocenters. The van der Waals surface area contributed by atoms with Gasteiger partial charge in [0.2, 0.25) is 0 Å². The highest BCUT2D eigenvalue weighted by atomic mass is 16.3. The Morgan fingerprint density at radius 3 is 2.52 bits per heavy atom. The van der Waals surface area contributed by atoms with Crippen LogP contribution in [0.4, 0.5) is 10.6 Å². The lowest BCUT2D eigenvalue weighted by Gasteiger charge is -2.39. The van der Waals surface area contributed by atoms with Gasteiger partial charge in [-0.05, 0) is 56.9 Å². The third-order valence-electron chi connectivity index (χ3n) is 6.48. The first-order valence-corrected chi connectivity index (χ1v) is 11.5. The monoisotopic (exact) mass is 447 g/mol. The van der Waals surface area contributed by atoms with E-state index >= 15 is 0 Å². The van der Waals surface area contributed by atoms with Gasteiger partial charge < -0.3 is 20.2 Å². The number of hydrogen-bond donors (Lipinski definition) is 2. The number of carbonyl (C=O) groups is 1. The Morgan fingerprint density at radius 1 is 1.12 bits per heavy atom. The van der Waals surface area contributed by atoms with Crippen LogP contribution in [0.3, 0.4) is 0 Å². The summed E-state index contributed by atoms with van der Waals surface area (Å²) in [5.74, 6) is 1.46. The van der Waals surface area contributed by atoms with Crippen molar-refractivity contribution >= 4 is 22.8 Å². The lowest BCUT2D eigenvalue weighted by molar-refractivity contribution is -0.0187. The third-order valence-corrected chi connectivity index (χ3v) is 6.48. The number of piperidine rings is 1. The quantitative estimate of drug-likeness (QED) is 0.620. The Labute approximate surface area is 195 Å². The van der Waals surface area contributed by atoms with Crippen LogP contribution in [-0.2, 0) is 5.60 Å². The van der Waals surface area contributed by atoms with Crippen LogP contribution in [0.2, 0.25) is 0 Å². The molecule has 33 heavy (non-hydrogen) atoms. The largest absolute Gasteiger partial charge is 0.385 e. The third kappa shape index (κ3) is 4.78. The highest BCUT2D eigenvalue weighted by Gasteiger charge is 2.36. The van der Waals surface area contributed by atoms with E-state index in [0.717, 1.165) is 22.3 Å². The molecule has 1 fully saturated rings. The van der Waals surface area contributed by atoms with Crippen LogP contribution < -0.4 is 5.32 Å². The van der Waals surface area contributed by atoms with Crippen molar-refractivity contribution in [3.8, 4) is 0 Å². The van der Waals surface area contributed by atoms with Gasteiger partial charge in [0.05, 0.1) is 11.1 Å². The summed E-state index contributed by atoms with van der Waals surface area (Å²) in [5, 5.41) is 15.9. The first-order chi connectivity index (χ1) is 15.7. The molecule has 1 aromatic heterocycles. The molecule has 1 aliphatic heterocycles. The topological polar surface area (TPSA) is 81.6 Å². The number of likely N-dealkylation sites (tertiary alicyclic amines) is 1. The number of benzene rings is 2. The Balaban J connectivity index is 1.63. The summed E-state index contributed by atoms with van der Waals surface area (Å²) in [5.41, 5.74) is 3.10. The van der Waals surface area contributed by atoms with E-state index in [1.165, 1.54) is 11.1 Å². The molecule has 174 valence electrons. The van der Waals surface area contributed by atoms with E-state index in [1.807, 2.05) is 25.1 Å². The molecular weight excluding hydrogens is 414 g/mol. The molecule has 2 aromatic carbocycles. The second-order valence-electron chi connectivity index (χ2n) is 9.33. The molecule has 4 rings (SSSR count). The molecule has 0 radical (unpaired) electrons. The number of carbonyl (C=O) groups excluding carboxylic acids is 1. The Morgan fingerprint density at radius 2 is 1.85 bits per heavy atom. The summed E-state index contributed by atoms with van der Waals surface area (Å²) < 4.78 is 0. The maximum absolute atomic E-state index is 12.3. The summed E-state index contributed by atoms with van der Waals surface area (Å²) in [4.78, 5) is 24.9. The Bertz CT molecular complexity index is 1170. The minimum Gasteiger partial charge on any atom is -0.385 e. The molecule has 3 aromatic rings. The number of amides is 2. The van der Waals surface area contributed by atoms with Crippen LogP contribution >= 0.6 is 0 Å². The minimum absolute atomic E-state index is 0.0175. The molecule has 2 amide bonds. The molecule has 0 aliphatic carbocycles. The number of fused-ring (bicyclic) bond motifs is 1. The van der Waals surface area contributed by atoms with E-state index < -0.39 is 5.60 Å². The van der Waals surface area contributed by atoms with Gasteiger partial charge >= 0.3 is 6.03 Å². The van der Waals surface area contributed by atoms with Gasteiger partial charge in [-0.2, -0.15) is 0 Å². The van der Waals surface area contributed by atoms with Gasteiger partial charge in [-0.3, -0.25) is 0 Å². The molecule has 1 saturated heterocycles. The minimum atomic E-state index is -0.985. The molecule has 0 spiro atoms. The maximum Gasteiger partial charge on any atom is 0.319 e. The fourth-order valence-corrected chi connectivity index (χ4v) is 4.51. The molecule has 0 bridgehead atoms. The SMILES string of the molecule is Cc1cccc([C@@H](C)Nc2nc(C)nc3ccc(C4(O)CCN(C(=O)N(C)C)CC4)cc23)c1. The van der Waals surface area contributed by atoms with E-state index in [2.05, 4.69) is 48.4 Å². The van der Waals surface area contributed by atoms with Crippen molar-refractivity contribution in [1.29, 1.82) is 0 Å². The summed E-state index contributed by atoms with van der Waals surface area (Å²) in [7, 11) is 3.50. The van der Waals surface area contributed by atoms with Crippen molar-refractivity contribution < 1.29 is 9.90 Å². The predicted octanol–water partition coefficient (Wildman–Crippen LogP) is 4.38. The first-order valence-electron chi connectivity index (χ1n) is 11.5. The predicted molar refractivity (Wildman–Crippen MR) is 131 cm³/mol. The number of urea groups is 1. The maximum atomic E-state index is 12.3. The van der Waals surface area contributed by atoms with Crippen molar-refractivity contribution in [2.75, 3.05) is 32.5 Å². The van der Waals surface area contributed by atoms with E-state index in [4.69, 9.17) is 4.98 Å². The normalized spacial score (nSPS) is 16.5. The standard InChI is InChI=1S/C26H33N5O2/c1-17-7-6-8-20(15-17)18(2)27-24-22-16-21(9-10-23(22)28-19(3)29-24)26(33)11-13-31(14-12-26)25(32)30(4)5/h6-10,15-16,18,33H,11-14H2,1-5H3,(H,27,28,29)/t18-/m1/s1. The van der Waals surface area contributed by atoms with Crippen molar-refractivity contribution in [2.24, 2.45) is 0 Å². The zero-order valence-electron chi connectivity index (χ0n) is 20.1. The highest BCUT2D eigenvalue weighted by Crippen LogP contribution is 2.36. The molecule has 2 heterocycles. The van der Waals surface area contributed by atoms with Crippen molar-refractivity contribution in [3.05, 3.63) is 65.0 Å². The van der Waals surface area contributed by atoms with Crippen LogP contribution in [0.25, 0.3) is 10.9 Å². The fraction of sp³-hybridized carbons (Fsp3) is 0.423. The Hall–Kier alpha value is -3.19. The first kappa shape index (κ1) is 23.0. The average molecular weight is 448 g/mol. The molecule has 7 nitrogen and oxygen atoms in total. The molecule has 1 atom stereocenters. The van der Waals surface area contributed by atoms with Crippen molar-refractivity contribution in [2.45, 2.75) is 45.3 Å². The summed E-state index contributed by atoms with van der Waals surface area (Å²) in [6.07, 6.45) is 0.987. The van der Waals surface area contributed by atoms with Gasteiger partial charge in [-0.25, -0.2) is 14.8 Å². The van der Waals surface area contributed by atoms with Crippen molar-refractivity contribution in [3.63, 3.8) is 0 Å². The molecule has 0 saturated carbocycles. The number of aryl methyl sites for hydroxylation is 2. The lowest BCUT2D eigenvalue weighted by Crippen LogP contribution is -2.48. The van der Waals surface area contributed by atoms with Crippen LogP contribution in [0.5, 0.6) is 0 Å². The molecule has 7 heteroatoms. The number of rotatable bonds is 4.